The Morgan fingerprint density at radius 2 is 1.92 bits per heavy atom. The molecule has 0 saturated carbocycles. The molecule has 0 bridgehead atoms. The number of carbonyl (C=O) groups is 2. The van der Waals surface area contributed by atoms with Gasteiger partial charge in [-0.15, -0.1) is 0 Å². The van der Waals surface area contributed by atoms with Crippen molar-refractivity contribution in [2.75, 3.05) is 19.6 Å². The van der Waals surface area contributed by atoms with Crippen LogP contribution in [0.5, 0.6) is 0 Å². The van der Waals surface area contributed by atoms with E-state index in [9.17, 15) is 19.7 Å². The predicted octanol–water partition coefficient (Wildman–Crippen LogP) is 2.05. The number of nitro groups is 1. The molecule has 9 heteroatoms. The van der Waals surface area contributed by atoms with Gasteiger partial charge in [-0.1, -0.05) is 12.1 Å². The topological polar surface area (TPSA) is 127 Å². The van der Waals surface area contributed by atoms with E-state index in [0.717, 1.165) is 4.68 Å². The number of esters is 2. The average Bonchev–Trinajstić information content (AvgIpc) is 2.86. The number of ether oxygens (including phenoxy) is 2. The van der Waals surface area contributed by atoms with E-state index in [0.29, 0.717) is 0 Å². The van der Waals surface area contributed by atoms with Crippen LogP contribution in [0.4, 0.5) is 5.69 Å². The molecule has 1 heterocycles. The van der Waals surface area contributed by atoms with Crippen molar-refractivity contribution in [3.63, 3.8) is 0 Å². The third-order valence-electron chi connectivity index (χ3n) is 3.68. The minimum atomic E-state index is -0.795. The molecule has 2 N–H and O–H groups in total. The van der Waals surface area contributed by atoms with E-state index in [-0.39, 0.29) is 40.4 Å². The number of rotatable bonds is 5. The second-order valence-electron chi connectivity index (χ2n) is 5.04. The highest BCUT2D eigenvalue weighted by atomic mass is 16.6. The van der Waals surface area contributed by atoms with Gasteiger partial charge in [0.25, 0.3) is 5.69 Å². The van der Waals surface area contributed by atoms with Gasteiger partial charge in [-0.3, -0.25) is 14.8 Å². The number of hydrogen-bond acceptors (Lipinski definition) is 7. The second kappa shape index (κ2) is 7.04. The summed E-state index contributed by atoms with van der Waals surface area (Å²) in [6.45, 7) is 3.20. The average molecular weight is 347 g/mol. The number of hydrogen-bond donors (Lipinski definition) is 1. The third-order valence-corrected chi connectivity index (χ3v) is 3.68. The third kappa shape index (κ3) is 3.03. The molecule has 0 atom stereocenters. The number of nitro benzene ring substituents is 1. The maximum atomic E-state index is 12.4. The fraction of sp³-hybridized carbons (Fsp3) is 0.250. The molecule has 0 aliphatic heterocycles. The predicted molar refractivity (Wildman–Crippen MR) is 88.7 cm³/mol. The van der Waals surface area contributed by atoms with Gasteiger partial charge in [0.1, 0.15) is 0 Å². The van der Waals surface area contributed by atoms with Crippen LogP contribution < -0.4 is 5.84 Å². The molecular weight excluding hydrogens is 330 g/mol. The number of carbonyl (C=O) groups excluding carboxylic acids is 2. The fourth-order valence-corrected chi connectivity index (χ4v) is 2.57. The normalized spacial score (nSPS) is 10.4. The highest BCUT2D eigenvalue weighted by molar-refractivity contribution is 6.08. The molecule has 0 unspecified atom stereocenters. The quantitative estimate of drug-likeness (QED) is 0.379. The summed E-state index contributed by atoms with van der Waals surface area (Å²) in [5.74, 6) is 4.37. The van der Waals surface area contributed by atoms with E-state index in [1.165, 1.54) is 32.2 Å². The van der Waals surface area contributed by atoms with E-state index in [4.69, 9.17) is 15.3 Å². The lowest BCUT2D eigenvalue weighted by Gasteiger charge is -2.08. The highest BCUT2D eigenvalue weighted by Gasteiger charge is 2.33. The molecule has 1 aromatic heterocycles. The van der Waals surface area contributed by atoms with Crippen LogP contribution in [0.15, 0.2) is 24.3 Å². The van der Waals surface area contributed by atoms with Crippen molar-refractivity contribution in [3.05, 3.63) is 51.3 Å². The van der Waals surface area contributed by atoms with Gasteiger partial charge in [0.15, 0.2) is 5.69 Å². The number of methoxy groups -OCH3 is 1. The molecule has 0 aliphatic carbocycles. The molecule has 0 fully saturated rings. The maximum absolute atomic E-state index is 12.4. The summed E-state index contributed by atoms with van der Waals surface area (Å²) < 4.78 is 10.7. The van der Waals surface area contributed by atoms with Crippen molar-refractivity contribution in [3.8, 4) is 11.1 Å². The summed E-state index contributed by atoms with van der Waals surface area (Å²) in [7, 11) is 1.17. The number of nitrogen functional groups attached to an aromatic ring is 1. The fourth-order valence-electron chi connectivity index (χ4n) is 2.57. The lowest BCUT2D eigenvalue weighted by molar-refractivity contribution is -0.384. The maximum Gasteiger partial charge on any atom is 0.357 e. The first kappa shape index (κ1) is 18.0. The Labute approximate surface area is 143 Å². The summed E-state index contributed by atoms with van der Waals surface area (Å²) in [6.07, 6.45) is 0. The lowest BCUT2D eigenvalue weighted by Crippen LogP contribution is -2.20. The van der Waals surface area contributed by atoms with Gasteiger partial charge >= 0.3 is 11.9 Å². The molecule has 0 saturated heterocycles. The molecule has 9 nitrogen and oxygen atoms in total. The standard InChI is InChI=1S/C16H17N3O6/c1-4-25-16(21)14-13(10-7-5-6-8-11(10)19(22)23)12(15(20)24-3)9(2)18(14)17/h5-8H,4,17H2,1-3H3. The Hall–Kier alpha value is -3.36. The van der Waals surface area contributed by atoms with Crippen LogP contribution >= 0.6 is 0 Å². The minimum Gasteiger partial charge on any atom is -0.465 e. The molecular formula is C16H17N3O6. The summed E-state index contributed by atoms with van der Waals surface area (Å²) in [5.41, 5.74) is -0.149. The van der Waals surface area contributed by atoms with Gasteiger partial charge in [-0.05, 0) is 19.9 Å². The van der Waals surface area contributed by atoms with Gasteiger partial charge in [-0.2, -0.15) is 0 Å². The van der Waals surface area contributed by atoms with Gasteiger partial charge in [0, 0.05) is 11.6 Å². The SMILES string of the molecule is CCOC(=O)c1c(-c2ccccc2[N+](=O)[O-])c(C(=O)OC)c(C)n1N. The summed E-state index contributed by atoms with van der Waals surface area (Å²) in [6, 6.07) is 5.74. The van der Waals surface area contributed by atoms with Gasteiger partial charge < -0.3 is 15.3 Å². The molecule has 2 aromatic rings. The largest absolute Gasteiger partial charge is 0.465 e. The van der Waals surface area contributed by atoms with Crippen LogP contribution in [0.25, 0.3) is 11.1 Å². The number of para-hydroxylation sites is 1. The zero-order chi connectivity index (χ0) is 18.7. The van der Waals surface area contributed by atoms with Crippen LogP contribution in [-0.2, 0) is 9.47 Å². The van der Waals surface area contributed by atoms with E-state index >= 15 is 0 Å². The molecule has 0 amide bonds. The van der Waals surface area contributed by atoms with Crippen LogP contribution in [0.3, 0.4) is 0 Å². The van der Waals surface area contributed by atoms with Crippen LogP contribution in [-0.4, -0.2) is 35.3 Å². The van der Waals surface area contributed by atoms with Crippen LogP contribution in [0.2, 0.25) is 0 Å². The van der Waals surface area contributed by atoms with Crippen molar-refractivity contribution in [1.29, 1.82) is 0 Å². The molecule has 1 aromatic carbocycles. The van der Waals surface area contributed by atoms with Crippen LogP contribution in [0, 0.1) is 17.0 Å². The first-order valence-electron chi connectivity index (χ1n) is 7.34. The monoisotopic (exact) mass is 347 g/mol. The Kier molecular flexibility index (Phi) is 5.06. The molecule has 0 spiro atoms. The minimum absolute atomic E-state index is 0.0117. The second-order valence-corrected chi connectivity index (χ2v) is 5.04. The number of nitrogens with zero attached hydrogens (tertiary/aromatic N) is 2. The molecule has 0 radical (unpaired) electrons. The molecule has 25 heavy (non-hydrogen) atoms. The van der Waals surface area contributed by atoms with E-state index in [2.05, 4.69) is 0 Å². The first-order valence-corrected chi connectivity index (χ1v) is 7.34. The van der Waals surface area contributed by atoms with E-state index < -0.39 is 16.9 Å². The smallest absolute Gasteiger partial charge is 0.357 e. The molecule has 132 valence electrons. The van der Waals surface area contributed by atoms with Gasteiger partial charge in [0.05, 0.1) is 35.5 Å². The van der Waals surface area contributed by atoms with Crippen molar-refractivity contribution < 1.29 is 24.0 Å². The number of nitrogens with two attached hydrogens (primary N) is 1. The zero-order valence-electron chi connectivity index (χ0n) is 13.9. The summed E-state index contributed by atoms with van der Waals surface area (Å²) in [5, 5.41) is 11.4. The summed E-state index contributed by atoms with van der Waals surface area (Å²) in [4.78, 5) is 35.4. The number of benzene rings is 1. The number of aromatic nitrogens is 1. The Balaban J connectivity index is 2.92. The van der Waals surface area contributed by atoms with Crippen molar-refractivity contribution >= 4 is 17.6 Å². The molecule has 0 aliphatic rings. The van der Waals surface area contributed by atoms with Crippen molar-refractivity contribution in [1.82, 2.24) is 4.68 Å². The van der Waals surface area contributed by atoms with E-state index in [1.807, 2.05) is 0 Å². The van der Waals surface area contributed by atoms with Gasteiger partial charge in [-0.25, -0.2) is 9.59 Å². The zero-order valence-corrected chi connectivity index (χ0v) is 13.9. The van der Waals surface area contributed by atoms with E-state index in [1.54, 1.807) is 13.0 Å². The Morgan fingerprint density at radius 1 is 1.28 bits per heavy atom. The summed E-state index contributed by atoms with van der Waals surface area (Å²) >= 11 is 0. The Bertz CT molecular complexity index is 856. The highest BCUT2D eigenvalue weighted by Crippen LogP contribution is 2.37. The lowest BCUT2D eigenvalue weighted by atomic mass is 9.98. The van der Waals surface area contributed by atoms with Crippen molar-refractivity contribution in [2.24, 2.45) is 0 Å². The Morgan fingerprint density at radius 3 is 2.48 bits per heavy atom. The van der Waals surface area contributed by atoms with Crippen molar-refractivity contribution in [2.45, 2.75) is 13.8 Å². The van der Waals surface area contributed by atoms with Crippen LogP contribution in [0.1, 0.15) is 33.5 Å². The van der Waals surface area contributed by atoms with Gasteiger partial charge in [0.2, 0.25) is 0 Å². The first-order chi connectivity index (χ1) is 11.8. The molecule has 2 rings (SSSR count).